The van der Waals surface area contributed by atoms with Gasteiger partial charge in [-0.05, 0) is 18.3 Å². The molecule has 1 atom stereocenters. The third-order valence-electron chi connectivity index (χ3n) is 4.32. The van der Waals surface area contributed by atoms with Crippen LogP contribution in [0.25, 0.3) is 0 Å². The number of nitrogens with two attached hydrogens (primary N) is 1. The van der Waals surface area contributed by atoms with Crippen molar-refractivity contribution in [1.82, 2.24) is 5.32 Å². The summed E-state index contributed by atoms with van der Waals surface area (Å²) in [4.78, 5) is 24.0. The van der Waals surface area contributed by atoms with Gasteiger partial charge in [-0.1, -0.05) is 46.5 Å². The van der Waals surface area contributed by atoms with E-state index in [4.69, 9.17) is 5.73 Å². The number of carboxylic acid groups (broad SMARTS) is 1. The molecule has 1 aliphatic carbocycles. The summed E-state index contributed by atoms with van der Waals surface area (Å²) in [6.07, 6.45) is 5.72. The van der Waals surface area contributed by atoms with Crippen LogP contribution in [0.15, 0.2) is 0 Å². The van der Waals surface area contributed by atoms with Gasteiger partial charge in [-0.15, -0.1) is 0 Å². The minimum absolute atomic E-state index is 0.191. The van der Waals surface area contributed by atoms with Gasteiger partial charge in [-0.2, -0.15) is 0 Å². The van der Waals surface area contributed by atoms with Crippen molar-refractivity contribution in [3.8, 4) is 0 Å². The van der Waals surface area contributed by atoms with Crippen LogP contribution in [0.4, 0.5) is 0 Å². The van der Waals surface area contributed by atoms with Crippen molar-refractivity contribution in [2.45, 2.75) is 65.3 Å². The number of rotatable bonds is 4. The number of carbonyl (C=O) groups is 2. The van der Waals surface area contributed by atoms with Crippen LogP contribution in [-0.4, -0.2) is 29.6 Å². The molecule has 4 N–H and O–H groups in total. The molecule has 0 saturated heterocycles. The van der Waals surface area contributed by atoms with Gasteiger partial charge in [0.25, 0.3) is 0 Å². The summed E-state index contributed by atoms with van der Waals surface area (Å²) < 4.78 is 0. The first-order valence-corrected chi connectivity index (χ1v) is 7.47. The summed E-state index contributed by atoms with van der Waals surface area (Å²) in [5.41, 5.74) is 4.75. The van der Waals surface area contributed by atoms with Crippen LogP contribution in [0.3, 0.4) is 0 Å². The SMILES string of the molecule is CC(C)(C)[C@H](NC(=O)C1(CN)CCCCCC1)C(=O)O. The molecule has 1 fully saturated rings. The Labute approximate surface area is 121 Å². The number of hydrogen-bond donors (Lipinski definition) is 3. The number of carbonyl (C=O) groups excluding carboxylic acids is 1. The number of amides is 1. The van der Waals surface area contributed by atoms with Gasteiger partial charge in [0.15, 0.2) is 0 Å². The molecule has 116 valence electrons. The fourth-order valence-electron chi connectivity index (χ4n) is 2.86. The van der Waals surface area contributed by atoms with Crippen LogP contribution in [0.2, 0.25) is 0 Å². The van der Waals surface area contributed by atoms with Gasteiger partial charge < -0.3 is 16.2 Å². The Morgan fingerprint density at radius 2 is 1.70 bits per heavy atom. The molecule has 1 amide bonds. The summed E-state index contributed by atoms with van der Waals surface area (Å²) in [6, 6.07) is -0.887. The van der Waals surface area contributed by atoms with Crippen molar-refractivity contribution in [3.63, 3.8) is 0 Å². The van der Waals surface area contributed by atoms with Crippen molar-refractivity contribution in [3.05, 3.63) is 0 Å². The van der Waals surface area contributed by atoms with Crippen LogP contribution < -0.4 is 11.1 Å². The van der Waals surface area contributed by atoms with E-state index in [0.29, 0.717) is 0 Å². The van der Waals surface area contributed by atoms with E-state index in [-0.39, 0.29) is 12.5 Å². The average Bonchev–Trinajstić information content (AvgIpc) is 2.60. The zero-order valence-corrected chi connectivity index (χ0v) is 12.9. The van der Waals surface area contributed by atoms with Gasteiger partial charge in [0.05, 0.1) is 5.41 Å². The zero-order chi connectivity index (χ0) is 15.4. The maximum atomic E-state index is 12.6. The van der Waals surface area contributed by atoms with Crippen LogP contribution in [-0.2, 0) is 9.59 Å². The molecule has 0 aliphatic heterocycles. The molecule has 1 aliphatic rings. The van der Waals surface area contributed by atoms with Crippen molar-refractivity contribution < 1.29 is 14.7 Å². The quantitative estimate of drug-likeness (QED) is 0.687. The van der Waals surface area contributed by atoms with Crippen LogP contribution in [0.5, 0.6) is 0 Å². The third kappa shape index (κ3) is 3.95. The number of nitrogens with one attached hydrogen (secondary N) is 1. The van der Waals surface area contributed by atoms with Crippen LogP contribution >= 0.6 is 0 Å². The maximum Gasteiger partial charge on any atom is 0.326 e. The molecule has 0 unspecified atom stereocenters. The normalized spacial score (nSPS) is 20.8. The average molecular weight is 284 g/mol. The van der Waals surface area contributed by atoms with Crippen molar-refractivity contribution in [2.75, 3.05) is 6.54 Å². The number of carboxylic acids is 1. The molecule has 0 bridgehead atoms. The molecular weight excluding hydrogens is 256 g/mol. The van der Waals surface area contributed by atoms with Gasteiger partial charge >= 0.3 is 5.97 Å². The molecule has 0 radical (unpaired) electrons. The van der Waals surface area contributed by atoms with E-state index in [1.54, 1.807) is 0 Å². The lowest BCUT2D eigenvalue weighted by Gasteiger charge is -2.34. The molecule has 0 heterocycles. The van der Waals surface area contributed by atoms with Gasteiger partial charge in [-0.3, -0.25) is 4.79 Å². The molecule has 5 nitrogen and oxygen atoms in total. The summed E-state index contributed by atoms with van der Waals surface area (Å²) in [5, 5.41) is 12.0. The molecule has 1 saturated carbocycles. The molecule has 0 aromatic carbocycles. The van der Waals surface area contributed by atoms with E-state index in [9.17, 15) is 14.7 Å². The standard InChI is InChI=1S/C15H28N2O3/c1-14(2,3)11(12(18)19)17-13(20)15(10-16)8-6-4-5-7-9-15/h11H,4-10,16H2,1-3H3,(H,17,20)(H,18,19)/t11-/m1/s1. The first-order chi connectivity index (χ1) is 9.23. The van der Waals surface area contributed by atoms with Crippen molar-refractivity contribution in [1.29, 1.82) is 0 Å². The monoisotopic (exact) mass is 284 g/mol. The summed E-state index contributed by atoms with van der Waals surface area (Å²) in [7, 11) is 0. The van der Waals surface area contributed by atoms with Crippen molar-refractivity contribution >= 4 is 11.9 Å². The van der Waals surface area contributed by atoms with Gasteiger partial charge in [0, 0.05) is 6.54 Å². The van der Waals surface area contributed by atoms with Crippen LogP contribution in [0, 0.1) is 10.8 Å². The number of aliphatic carboxylic acids is 1. The Kier molecular flexibility index (Phi) is 5.57. The van der Waals surface area contributed by atoms with Gasteiger partial charge in [-0.25, -0.2) is 4.79 Å². The second-order valence-corrected chi connectivity index (χ2v) is 7.01. The predicted octanol–water partition coefficient (Wildman–Crippen LogP) is 1.90. The van der Waals surface area contributed by atoms with E-state index in [1.807, 2.05) is 20.8 Å². The highest BCUT2D eigenvalue weighted by molar-refractivity contribution is 5.88. The second kappa shape index (κ2) is 6.57. The minimum atomic E-state index is -0.994. The van der Waals surface area contributed by atoms with E-state index in [0.717, 1.165) is 38.5 Å². The Morgan fingerprint density at radius 1 is 1.20 bits per heavy atom. The Hall–Kier alpha value is -1.10. The van der Waals surface area contributed by atoms with E-state index < -0.39 is 22.8 Å². The van der Waals surface area contributed by atoms with Gasteiger partial charge in [0.2, 0.25) is 5.91 Å². The zero-order valence-electron chi connectivity index (χ0n) is 12.9. The topological polar surface area (TPSA) is 92.4 Å². The molecule has 20 heavy (non-hydrogen) atoms. The van der Waals surface area contributed by atoms with Crippen LogP contribution in [0.1, 0.15) is 59.3 Å². The largest absolute Gasteiger partial charge is 0.480 e. The predicted molar refractivity (Wildman–Crippen MR) is 78.2 cm³/mol. The van der Waals surface area contributed by atoms with E-state index >= 15 is 0 Å². The Bertz CT molecular complexity index is 353. The fourth-order valence-corrected chi connectivity index (χ4v) is 2.86. The van der Waals surface area contributed by atoms with Gasteiger partial charge in [0.1, 0.15) is 6.04 Å². The highest BCUT2D eigenvalue weighted by atomic mass is 16.4. The van der Waals surface area contributed by atoms with E-state index in [2.05, 4.69) is 5.32 Å². The third-order valence-corrected chi connectivity index (χ3v) is 4.32. The summed E-state index contributed by atoms with van der Waals surface area (Å²) in [5.74, 6) is -1.18. The summed E-state index contributed by atoms with van der Waals surface area (Å²) in [6.45, 7) is 5.73. The lowest BCUT2D eigenvalue weighted by Crippen LogP contribution is -2.55. The highest BCUT2D eigenvalue weighted by Crippen LogP contribution is 2.35. The molecule has 1 rings (SSSR count). The second-order valence-electron chi connectivity index (χ2n) is 7.01. The molecule has 0 aromatic rings. The Morgan fingerprint density at radius 3 is 2.05 bits per heavy atom. The minimum Gasteiger partial charge on any atom is -0.480 e. The fraction of sp³-hybridized carbons (Fsp3) is 0.867. The molecule has 0 spiro atoms. The smallest absolute Gasteiger partial charge is 0.326 e. The maximum absolute atomic E-state index is 12.6. The lowest BCUT2D eigenvalue weighted by molar-refractivity contribution is -0.147. The van der Waals surface area contributed by atoms with Crippen molar-refractivity contribution in [2.24, 2.45) is 16.6 Å². The highest BCUT2D eigenvalue weighted by Gasteiger charge is 2.41. The molecule has 5 heteroatoms. The number of hydrogen-bond acceptors (Lipinski definition) is 3. The molecular formula is C15H28N2O3. The Balaban J connectivity index is 2.87. The first kappa shape index (κ1) is 17.0. The lowest BCUT2D eigenvalue weighted by atomic mass is 9.78. The molecule has 0 aromatic heterocycles. The van der Waals surface area contributed by atoms with E-state index in [1.165, 1.54) is 0 Å². The first-order valence-electron chi connectivity index (χ1n) is 7.47. The summed E-state index contributed by atoms with van der Waals surface area (Å²) >= 11 is 0.